The van der Waals surface area contributed by atoms with Gasteiger partial charge in [-0.3, -0.25) is 9.59 Å². The molecular weight excluding hydrogens is 380 g/mol. The van der Waals surface area contributed by atoms with Crippen molar-refractivity contribution in [3.05, 3.63) is 80.3 Å². The molecule has 0 aliphatic heterocycles. The van der Waals surface area contributed by atoms with Crippen molar-refractivity contribution in [2.24, 2.45) is 0 Å². The fourth-order valence-corrected chi connectivity index (χ4v) is 4.76. The molecule has 3 rings (SSSR count). The van der Waals surface area contributed by atoms with Gasteiger partial charge >= 0.3 is 0 Å². The highest BCUT2D eigenvalue weighted by molar-refractivity contribution is 7.10. The van der Waals surface area contributed by atoms with Gasteiger partial charge < -0.3 is 10.3 Å². The predicted octanol–water partition coefficient (Wildman–Crippen LogP) is 4.38. The van der Waals surface area contributed by atoms with Crippen molar-refractivity contribution < 1.29 is 14.9 Å². The number of benzene rings is 1. The molecule has 2 heterocycles. The van der Waals surface area contributed by atoms with Gasteiger partial charge in [-0.2, -0.15) is 0 Å². The maximum absolute atomic E-state index is 13.2. The molecule has 0 amide bonds. The SMILES string of the molecule is CCc1ccc([C@@H]([NH2+][C@H](C)C(=O)c2[nH]c(C)c(C(C)=O)c2C)c2cccs2)cc1. The number of quaternary nitrogens is 1. The normalized spacial score (nSPS) is 13.3. The summed E-state index contributed by atoms with van der Waals surface area (Å²) >= 11 is 1.70. The van der Waals surface area contributed by atoms with Crippen LogP contribution < -0.4 is 5.32 Å². The van der Waals surface area contributed by atoms with E-state index in [-0.39, 0.29) is 23.7 Å². The number of thiophene rings is 1. The van der Waals surface area contributed by atoms with Crippen molar-refractivity contribution in [2.45, 2.75) is 53.1 Å². The van der Waals surface area contributed by atoms with Gasteiger partial charge in [0, 0.05) is 16.8 Å². The Labute approximate surface area is 176 Å². The molecule has 152 valence electrons. The van der Waals surface area contributed by atoms with Gasteiger partial charge in [0.25, 0.3) is 0 Å². The monoisotopic (exact) mass is 409 g/mol. The van der Waals surface area contributed by atoms with Gasteiger partial charge in [0.2, 0.25) is 5.78 Å². The highest BCUT2D eigenvalue weighted by Gasteiger charge is 2.29. The lowest BCUT2D eigenvalue weighted by Gasteiger charge is -2.19. The van der Waals surface area contributed by atoms with E-state index in [0.29, 0.717) is 11.3 Å². The molecule has 0 saturated heterocycles. The van der Waals surface area contributed by atoms with E-state index in [1.807, 2.05) is 26.8 Å². The summed E-state index contributed by atoms with van der Waals surface area (Å²) in [4.78, 5) is 29.5. The van der Waals surface area contributed by atoms with Crippen LogP contribution in [0.25, 0.3) is 0 Å². The summed E-state index contributed by atoms with van der Waals surface area (Å²) in [6, 6.07) is 12.6. The molecule has 0 radical (unpaired) electrons. The Bertz CT molecular complexity index is 1000. The Kier molecular flexibility index (Phi) is 6.50. The van der Waals surface area contributed by atoms with Crippen LogP contribution in [-0.4, -0.2) is 22.6 Å². The van der Waals surface area contributed by atoms with Gasteiger partial charge in [-0.05, 0) is 56.7 Å². The molecule has 0 aliphatic rings. The Morgan fingerprint density at radius 3 is 2.34 bits per heavy atom. The second kappa shape index (κ2) is 8.89. The van der Waals surface area contributed by atoms with Crippen LogP contribution in [-0.2, 0) is 6.42 Å². The van der Waals surface area contributed by atoms with Gasteiger partial charge in [0.05, 0.1) is 10.6 Å². The third-order valence-corrected chi connectivity index (χ3v) is 6.48. The molecular formula is C24H29N2O2S+. The van der Waals surface area contributed by atoms with Gasteiger partial charge in [-0.1, -0.05) is 37.3 Å². The molecule has 5 heteroatoms. The van der Waals surface area contributed by atoms with Crippen molar-refractivity contribution in [1.29, 1.82) is 0 Å². The van der Waals surface area contributed by atoms with Gasteiger partial charge in [0.1, 0.15) is 12.1 Å². The van der Waals surface area contributed by atoms with Crippen LogP contribution in [0.4, 0.5) is 0 Å². The quantitative estimate of drug-likeness (QED) is 0.542. The predicted molar refractivity (Wildman–Crippen MR) is 118 cm³/mol. The molecule has 3 N–H and O–H groups in total. The first-order valence-corrected chi connectivity index (χ1v) is 10.9. The summed E-state index contributed by atoms with van der Waals surface area (Å²) in [5, 5.41) is 4.19. The molecule has 3 aromatic rings. The molecule has 0 aliphatic carbocycles. The van der Waals surface area contributed by atoms with Crippen molar-refractivity contribution in [2.75, 3.05) is 0 Å². The third-order valence-electron chi connectivity index (χ3n) is 5.53. The molecule has 0 bridgehead atoms. The number of Topliss-reactive ketones (excluding diaryl/α,β-unsaturated/α-hetero) is 2. The Morgan fingerprint density at radius 1 is 1.14 bits per heavy atom. The van der Waals surface area contributed by atoms with Gasteiger partial charge in [-0.25, -0.2) is 0 Å². The van der Waals surface area contributed by atoms with Crippen LogP contribution in [0.15, 0.2) is 41.8 Å². The fourth-order valence-electron chi connectivity index (χ4n) is 3.93. The van der Waals surface area contributed by atoms with Crippen LogP contribution in [0.5, 0.6) is 0 Å². The highest BCUT2D eigenvalue weighted by atomic mass is 32.1. The zero-order valence-electron chi connectivity index (χ0n) is 17.7. The minimum absolute atomic E-state index is 0.0144. The summed E-state index contributed by atoms with van der Waals surface area (Å²) in [6.07, 6.45) is 1.01. The van der Waals surface area contributed by atoms with E-state index in [4.69, 9.17) is 0 Å². The first-order chi connectivity index (χ1) is 13.8. The Morgan fingerprint density at radius 2 is 1.83 bits per heavy atom. The first kappa shape index (κ1) is 21.2. The van der Waals surface area contributed by atoms with Crippen molar-refractivity contribution in [3.8, 4) is 0 Å². The number of nitrogens with one attached hydrogen (secondary N) is 1. The molecule has 1 aromatic carbocycles. The maximum Gasteiger partial charge on any atom is 0.235 e. The average Bonchev–Trinajstić information content (AvgIpc) is 3.33. The van der Waals surface area contributed by atoms with E-state index < -0.39 is 0 Å². The number of H-pyrrole nitrogens is 1. The lowest BCUT2D eigenvalue weighted by molar-refractivity contribution is -0.703. The number of aromatic amines is 1. The van der Waals surface area contributed by atoms with E-state index in [0.717, 1.165) is 17.7 Å². The third kappa shape index (κ3) is 4.41. The van der Waals surface area contributed by atoms with Gasteiger partial charge in [0.15, 0.2) is 5.78 Å². The summed E-state index contributed by atoms with van der Waals surface area (Å²) in [5.74, 6) is 0.00393. The summed E-state index contributed by atoms with van der Waals surface area (Å²) < 4.78 is 0. The molecule has 2 atom stereocenters. The molecule has 0 unspecified atom stereocenters. The second-order valence-electron chi connectivity index (χ2n) is 7.61. The second-order valence-corrected chi connectivity index (χ2v) is 8.59. The zero-order chi connectivity index (χ0) is 21.1. The van der Waals surface area contributed by atoms with E-state index in [1.165, 1.54) is 16.0 Å². The molecule has 2 aromatic heterocycles. The van der Waals surface area contributed by atoms with E-state index in [9.17, 15) is 9.59 Å². The molecule has 0 spiro atoms. The van der Waals surface area contributed by atoms with Crippen molar-refractivity contribution in [1.82, 2.24) is 4.98 Å². The van der Waals surface area contributed by atoms with Crippen LogP contribution in [0.2, 0.25) is 0 Å². The number of hydrogen-bond donors (Lipinski definition) is 2. The standard InChI is InChI=1S/C24H28N2O2S/c1-6-18-9-11-19(12-10-18)23(20-8-7-13-29-20)26-16(4)24(28)22-14(2)21(17(5)27)15(3)25-22/h7-13,16,23,25-26H,6H2,1-5H3/p+1/t16-,23-/m1/s1. The molecule has 4 nitrogen and oxygen atoms in total. The van der Waals surface area contributed by atoms with Crippen LogP contribution in [0.1, 0.15) is 74.9 Å². The number of rotatable bonds is 8. The number of carbonyl (C=O) groups is 2. The molecule has 0 fully saturated rings. The average molecular weight is 410 g/mol. The largest absolute Gasteiger partial charge is 0.355 e. The maximum atomic E-state index is 13.2. The number of aromatic nitrogens is 1. The Balaban J connectivity index is 1.89. The van der Waals surface area contributed by atoms with E-state index in [2.05, 4.69) is 52.9 Å². The summed E-state index contributed by atoms with van der Waals surface area (Å²) in [7, 11) is 0. The number of hydrogen-bond acceptors (Lipinski definition) is 3. The number of nitrogens with two attached hydrogens (primary N) is 1. The molecule has 0 saturated carbocycles. The first-order valence-electron chi connectivity index (χ1n) is 10.0. The van der Waals surface area contributed by atoms with Crippen LogP contribution in [0.3, 0.4) is 0 Å². The Hall–Kier alpha value is -2.50. The van der Waals surface area contributed by atoms with E-state index >= 15 is 0 Å². The van der Waals surface area contributed by atoms with Crippen LogP contribution >= 0.6 is 11.3 Å². The van der Waals surface area contributed by atoms with Gasteiger partial charge in [-0.15, -0.1) is 11.3 Å². The fraction of sp³-hybridized carbons (Fsp3) is 0.333. The highest BCUT2D eigenvalue weighted by Crippen LogP contribution is 2.24. The summed E-state index contributed by atoms with van der Waals surface area (Å²) in [6.45, 7) is 9.32. The smallest absolute Gasteiger partial charge is 0.235 e. The number of aryl methyl sites for hydroxylation is 2. The number of ketones is 2. The lowest BCUT2D eigenvalue weighted by atomic mass is 9.99. The van der Waals surface area contributed by atoms with E-state index in [1.54, 1.807) is 18.3 Å². The molecule has 29 heavy (non-hydrogen) atoms. The summed E-state index contributed by atoms with van der Waals surface area (Å²) in [5.41, 5.74) is 5.18. The zero-order valence-corrected chi connectivity index (χ0v) is 18.5. The van der Waals surface area contributed by atoms with Crippen LogP contribution in [0, 0.1) is 13.8 Å². The minimum Gasteiger partial charge on any atom is -0.355 e. The topological polar surface area (TPSA) is 66.5 Å². The van der Waals surface area contributed by atoms with Crippen molar-refractivity contribution >= 4 is 22.9 Å². The minimum atomic E-state index is -0.287. The number of carbonyl (C=O) groups excluding carboxylic acids is 2. The lowest BCUT2D eigenvalue weighted by Crippen LogP contribution is -2.92. The van der Waals surface area contributed by atoms with Crippen molar-refractivity contribution in [3.63, 3.8) is 0 Å².